The highest BCUT2D eigenvalue weighted by molar-refractivity contribution is 7.87. The molecule has 2 aromatic carbocycles. The third-order valence-corrected chi connectivity index (χ3v) is 5.69. The summed E-state index contributed by atoms with van der Waals surface area (Å²) in [6.45, 7) is 3.10. The topological polar surface area (TPSA) is 114 Å². The number of nitrogens with two attached hydrogens (primary N) is 1. The second-order valence-corrected chi connectivity index (χ2v) is 8.66. The summed E-state index contributed by atoms with van der Waals surface area (Å²) in [6, 6.07) is 11.0. The summed E-state index contributed by atoms with van der Waals surface area (Å²) in [5.41, 5.74) is 5.92. The van der Waals surface area contributed by atoms with Crippen molar-refractivity contribution in [2.75, 3.05) is 0 Å². The molecule has 170 valence electrons. The third kappa shape index (κ3) is 5.41. The average Bonchev–Trinajstić information content (AvgIpc) is 3.05. The number of hydrogen-bond acceptors (Lipinski definition) is 6. The minimum Gasteiger partial charge on any atom is -0.442 e. The van der Waals surface area contributed by atoms with Crippen LogP contribution in [0.1, 0.15) is 36.8 Å². The third-order valence-electron chi connectivity index (χ3n) is 4.38. The zero-order chi connectivity index (χ0) is 23.5. The van der Waals surface area contributed by atoms with Crippen LogP contribution < -0.4 is 9.92 Å². The van der Waals surface area contributed by atoms with Crippen molar-refractivity contribution in [3.8, 4) is 5.75 Å². The molecule has 0 aliphatic rings. The maximum Gasteiger partial charge on any atom is 0.404 e. The summed E-state index contributed by atoms with van der Waals surface area (Å²) in [5, 5.41) is -0.316. The van der Waals surface area contributed by atoms with Gasteiger partial charge in [0.2, 0.25) is 0 Å². The highest BCUT2D eigenvalue weighted by Crippen LogP contribution is 2.29. The van der Waals surface area contributed by atoms with Crippen LogP contribution in [0.5, 0.6) is 5.75 Å². The van der Waals surface area contributed by atoms with E-state index in [0.717, 1.165) is 17.7 Å². The Hall–Kier alpha value is -3.47. The van der Waals surface area contributed by atoms with Crippen LogP contribution in [0.15, 0.2) is 53.6 Å². The summed E-state index contributed by atoms with van der Waals surface area (Å²) in [7, 11) is -4.60. The fraction of sp³-hybridized carbons (Fsp3) is 0.238. The summed E-state index contributed by atoms with van der Waals surface area (Å²) < 4.78 is 64.9. The summed E-state index contributed by atoms with van der Waals surface area (Å²) in [6.07, 6.45) is -1.05. The molecule has 0 unspecified atom stereocenters. The summed E-state index contributed by atoms with van der Waals surface area (Å²) in [4.78, 5) is 15.5. The zero-order valence-electron chi connectivity index (χ0n) is 17.3. The lowest BCUT2D eigenvalue weighted by Crippen LogP contribution is -2.20. The molecule has 0 atom stereocenters. The van der Waals surface area contributed by atoms with Gasteiger partial charge in [-0.15, -0.1) is 0 Å². The molecule has 0 saturated heterocycles. The van der Waals surface area contributed by atoms with E-state index in [1.807, 2.05) is 0 Å². The standard InChI is InChI=1S/C21H21F2N3O5S/c1-13(2)19-20(32(28,29)31-17-9-15(22)8-16(23)10-17)26(11-14-6-4-3-5-7-14)18(25-19)12-30-21(24)27/h3-10,13H,11-12H2,1-2H3,(H2,24,27). The van der Waals surface area contributed by atoms with Gasteiger partial charge in [0, 0.05) is 18.2 Å². The number of aromatic nitrogens is 2. The van der Waals surface area contributed by atoms with Gasteiger partial charge >= 0.3 is 16.2 Å². The molecule has 2 N–H and O–H groups in total. The van der Waals surface area contributed by atoms with Crippen molar-refractivity contribution in [3.63, 3.8) is 0 Å². The van der Waals surface area contributed by atoms with E-state index >= 15 is 0 Å². The van der Waals surface area contributed by atoms with E-state index < -0.39 is 33.6 Å². The normalized spacial score (nSPS) is 11.5. The molecule has 0 bridgehead atoms. The number of halogens is 2. The van der Waals surface area contributed by atoms with Crippen LogP contribution in [0.4, 0.5) is 13.6 Å². The zero-order valence-corrected chi connectivity index (χ0v) is 18.1. The van der Waals surface area contributed by atoms with Gasteiger partial charge in [0.1, 0.15) is 23.2 Å². The van der Waals surface area contributed by atoms with Crippen LogP contribution >= 0.6 is 0 Å². The second kappa shape index (κ2) is 9.35. The lowest BCUT2D eigenvalue weighted by Gasteiger charge is -2.15. The van der Waals surface area contributed by atoms with Crippen LogP contribution in [0.25, 0.3) is 0 Å². The monoisotopic (exact) mass is 465 g/mol. The van der Waals surface area contributed by atoms with Gasteiger partial charge in [-0.05, 0) is 11.5 Å². The molecule has 0 aliphatic heterocycles. The molecule has 0 fully saturated rings. The van der Waals surface area contributed by atoms with E-state index in [4.69, 9.17) is 14.7 Å². The Morgan fingerprint density at radius 3 is 2.31 bits per heavy atom. The maximum atomic E-state index is 13.6. The van der Waals surface area contributed by atoms with Crippen LogP contribution in [-0.2, 0) is 28.0 Å². The maximum absolute atomic E-state index is 13.6. The van der Waals surface area contributed by atoms with Crippen molar-refractivity contribution >= 4 is 16.2 Å². The predicted octanol–water partition coefficient (Wildman–Crippen LogP) is 3.70. The lowest BCUT2D eigenvalue weighted by atomic mass is 10.1. The molecule has 0 radical (unpaired) electrons. The molecule has 0 saturated carbocycles. The molecule has 32 heavy (non-hydrogen) atoms. The fourth-order valence-electron chi connectivity index (χ4n) is 3.06. The molecule has 3 aromatic rings. The van der Waals surface area contributed by atoms with E-state index in [2.05, 4.69) is 4.98 Å². The molecular weight excluding hydrogens is 444 g/mol. The first-order chi connectivity index (χ1) is 15.1. The van der Waals surface area contributed by atoms with Gasteiger partial charge in [0.05, 0.1) is 12.2 Å². The molecular formula is C21H21F2N3O5S. The van der Waals surface area contributed by atoms with Gasteiger partial charge in [0.25, 0.3) is 0 Å². The Bertz CT molecular complexity index is 1210. The van der Waals surface area contributed by atoms with Crippen LogP contribution in [0.3, 0.4) is 0 Å². The van der Waals surface area contributed by atoms with Crippen molar-refractivity contribution in [1.82, 2.24) is 9.55 Å². The minimum atomic E-state index is -4.60. The Morgan fingerprint density at radius 2 is 1.75 bits per heavy atom. The number of amides is 1. The molecule has 8 nitrogen and oxygen atoms in total. The van der Waals surface area contributed by atoms with Crippen LogP contribution in [0.2, 0.25) is 0 Å². The first kappa shape index (κ1) is 23.2. The number of primary amides is 1. The Morgan fingerprint density at radius 1 is 1.12 bits per heavy atom. The molecule has 0 aliphatic carbocycles. The van der Waals surface area contributed by atoms with Crippen LogP contribution in [0, 0.1) is 11.6 Å². The van der Waals surface area contributed by atoms with Gasteiger partial charge in [-0.2, -0.15) is 8.42 Å². The first-order valence-electron chi connectivity index (χ1n) is 9.53. The second-order valence-electron chi connectivity index (χ2n) is 7.20. The number of carbonyl (C=O) groups is 1. The van der Waals surface area contributed by atoms with Gasteiger partial charge in [-0.3, -0.25) is 0 Å². The Labute approximate surface area is 183 Å². The number of imidazole rings is 1. The van der Waals surface area contributed by atoms with Crippen molar-refractivity contribution in [3.05, 3.63) is 77.2 Å². The van der Waals surface area contributed by atoms with E-state index in [-0.39, 0.29) is 35.6 Å². The first-order valence-corrected chi connectivity index (χ1v) is 10.9. The molecule has 3 rings (SSSR count). The number of rotatable bonds is 8. The molecule has 0 spiro atoms. The predicted molar refractivity (Wildman–Crippen MR) is 110 cm³/mol. The molecule has 11 heteroatoms. The Balaban J connectivity index is 2.15. The highest BCUT2D eigenvalue weighted by Gasteiger charge is 2.32. The number of benzene rings is 2. The van der Waals surface area contributed by atoms with Gasteiger partial charge in [-0.1, -0.05) is 44.2 Å². The van der Waals surface area contributed by atoms with Crippen molar-refractivity contribution in [2.24, 2.45) is 5.73 Å². The largest absolute Gasteiger partial charge is 0.442 e. The number of carbonyl (C=O) groups excluding carboxylic acids is 1. The highest BCUT2D eigenvalue weighted by atomic mass is 32.2. The van der Waals surface area contributed by atoms with Crippen molar-refractivity contribution < 1.29 is 30.9 Å². The summed E-state index contributed by atoms with van der Waals surface area (Å²) in [5.74, 6) is -2.78. The van der Waals surface area contributed by atoms with Gasteiger partial charge < -0.3 is 19.2 Å². The van der Waals surface area contributed by atoms with Crippen molar-refractivity contribution in [1.29, 1.82) is 0 Å². The quantitative estimate of drug-likeness (QED) is 0.508. The van der Waals surface area contributed by atoms with E-state index in [9.17, 15) is 22.0 Å². The van der Waals surface area contributed by atoms with E-state index in [1.54, 1.807) is 44.2 Å². The lowest BCUT2D eigenvalue weighted by molar-refractivity contribution is 0.145. The van der Waals surface area contributed by atoms with Crippen molar-refractivity contribution in [2.45, 2.75) is 37.9 Å². The summed E-state index contributed by atoms with van der Waals surface area (Å²) >= 11 is 0. The fourth-order valence-corrected chi connectivity index (χ4v) is 4.47. The number of hydrogen-bond donors (Lipinski definition) is 1. The van der Waals surface area contributed by atoms with Gasteiger partial charge in [-0.25, -0.2) is 18.6 Å². The smallest absolute Gasteiger partial charge is 0.404 e. The van der Waals surface area contributed by atoms with E-state index in [1.165, 1.54) is 4.57 Å². The number of nitrogens with zero attached hydrogens (tertiary/aromatic N) is 2. The van der Waals surface area contributed by atoms with Gasteiger partial charge in [0.15, 0.2) is 11.6 Å². The molecule has 1 amide bonds. The van der Waals surface area contributed by atoms with Crippen LogP contribution in [-0.4, -0.2) is 24.1 Å². The molecule has 1 heterocycles. The SMILES string of the molecule is CC(C)c1nc(COC(N)=O)n(Cc2ccccc2)c1S(=O)(=O)Oc1cc(F)cc(F)c1. The Kier molecular flexibility index (Phi) is 6.78. The number of ether oxygens (including phenoxy) is 1. The average molecular weight is 465 g/mol. The van der Waals surface area contributed by atoms with E-state index in [0.29, 0.717) is 6.07 Å². The molecule has 1 aromatic heterocycles. The minimum absolute atomic E-state index is 0.0491.